The van der Waals surface area contributed by atoms with Crippen molar-refractivity contribution in [2.45, 2.75) is 25.4 Å². The first-order chi connectivity index (χ1) is 11.1. The quantitative estimate of drug-likeness (QED) is 0.893. The molecule has 2 fully saturated rings. The number of aromatic amines is 1. The third kappa shape index (κ3) is 2.74. The molecule has 23 heavy (non-hydrogen) atoms. The maximum absolute atomic E-state index is 12.7. The van der Waals surface area contributed by atoms with Crippen molar-refractivity contribution >= 4 is 5.91 Å². The number of carbonyl (C=O) groups excluding carboxylic acids is 1. The van der Waals surface area contributed by atoms with Crippen molar-refractivity contribution in [3.8, 4) is 0 Å². The van der Waals surface area contributed by atoms with Crippen LogP contribution in [0.25, 0.3) is 0 Å². The monoisotopic (exact) mass is 316 g/mol. The molecule has 3 unspecified atom stereocenters. The second-order valence-electron chi connectivity index (χ2n) is 6.32. The molecule has 122 valence electrons. The van der Waals surface area contributed by atoms with E-state index >= 15 is 0 Å². The minimum absolute atomic E-state index is 0.0758. The zero-order valence-electron chi connectivity index (χ0n) is 13.3. The summed E-state index contributed by atoms with van der Waals surface area (Å²) in [6.07, 6.45) is 4.52. The van der Waals surface area contributed by atoms with Gasteiger partial charge in [-0.1, -0.05) is 0 Å². The number of aromatic nitrogens is 5. The fourth-order valence-electron chi connectivity index (χ4n) is 3.21. The van der Waals surface area contributed by atoms with Crippen LogP contribution in [0.2, 0.25) is 0 Å². The molecule has 1 aliphatic carbocycles. The lowest BCUT2D eigenvalue weighted by atomic mass is 10.1. The van der Waals surface area contributed by atoms with Gasteiger partial charge >= 0.3 is 0 Å². The average molecular weight is 316 g/mol. The van der Waals surface area contributed by atoms with Gasteiger partial charge in [0, 0.05) is 25.7 Å². The van der Waals surface area contributed by atoms with E-state index in [1.807, 2.05) is 31.3 Å². The number of ether oxygens (including phenoxy) is 1. The van der Waals surface area contributed by atoms with Crippen LogP contribution in [-0.2, 0) is 16.6 Å². The van der Waals surface area contributed by atoms with E-state index in [1.165, 1.54) is 0 Å². The standard InChI is InChI=1S/C15H20N6O2/c1-9-17-14(19-18-9)13-8-21(3-4-23-13)15(22)12-5-11(12)10-6-16-20(2)7-10/h6-7,11-13H,3-5,8H2,1-2H3,(H,17,18,19). The summed E-state index contributed by atoms with van der Waals surface area (Å²) in [6, 6.07) is 0. The molecule has 1 aliphatic heterocycles. The summed E-state index contributed by atoms with van der Waals surface area (Å²) in [7, 11) is 1.90. The van der Waals surface area contributed by atoms with E-state index in [-0.39, 0.29) is 17.9 Å². The van der Waals surface area contributed by atoms with Crippen molar-refractivity contribution in [1.29, 1.82) is 0 Å². The molecule has 0 bridgehead atoms. The Kier molecular flexibility index (Phi) is 3.41. The molecule has 2 aromatic rings. The van der Waals surface area contributed by atoms with Gasteiger partial charge in [0.05, 0.1) is 19.3 Å². The van der Waals surface area contributed by atoms with Crippen LogP contribution in [0.1, 0.15) is 35.7 Å². The Morgan fingerprint density at radius 3 is 3.04 bits per heavy atom. The van der Waals surface area contributed by atoms with Gasteiger partial charge in [-0.05, 0) is 24.8 Å². The number of amides is 1. The molecule has 8 nitrogen and oxygen atoms in total. The topological polar surface area (TPSA) is 88.9 Å². The maximum atomic E-state index is 12.7. The summed E-state index contributed by atoms with van der Waals surface area (Å²) in [4.78, 5) is 18.9. The zero-order valence-corrected chi connectivity index (χ0v) is 13.3. The van der Waals surface area contributed by atoms with Crippen molar-refractivity contribution in [2.24, 2.45) is 13.0 Å². The summed E-state index contributed by atoms with van der Waals surface area (Å²) in [5.74, 6) is 1.97. The normalized spacial score (nSPS) is 27.2. The number of rotatable bonds is 3. The molecule has 8 heteroatoms. The third-order valence-electron chi connectivity index (χ3n) is 4.54. The van der Waals surface area contributed by atoms with Crippen LogP contribution >= 0.6 is 0 Å². The lowest BCUT2D eigenvalue weighted by Gasteiger charge is -2.31. The summed E-state index contributed by atoms with van der Waals surface area (Å²) < 4.78 is 7.50. The number of hydrogen-bond donors (Lipinski definition) is 1. The predicted molar refractivity (Wildman–Crippen MR) is 80.4 cm³/mol. The number of nitrogens with one attached hydrogen (secondary N) is 1. The van der Waals surface area contributed by atoms with Crippen LogP contribution in [0.15, 0.2) is 12.4 Å². The highest BCUT2D eigenvalue weighted by atomic mass is 16.5. The van der Waals surface area contributed by atoms with Crippen LogP contribution in [0.3, 0.4) is 0 Å². The number of aryl methyl sites for hydroxylation is 2. The SMILES string of the molecule is Cc1nc(C2CN(C(=O)C3CC3c3cnn(C)c3)CCO2)n[nH]1. The summed E-state index contributed by atoms with van der Waals surface area (Å²) in [6.45, 7) is 3.53. The molecule has 1 saturated heterocycles. The first-order valence-electron chi connectivity index (χ1n) is 7.89. The van der Waals surface area contributed by atoms with Gasteiger partial charge in [-0.15, -0.1) is 0 Å². The number of H-pyrrole nitrogens is 1. The van der Waals surface area contributed by atoms with Crippen LogP contribution in [0, 0.1) is 12.8 Å². The highest BCUT2D eigenvalue weighted by molar-refractivity contribution is 5.83. The van der Waals surface area contributed by atoms with E-state index in [1.54, 1.807) is 4.68 Å². The van der Waals surface area contributed by atoms with Gasteiger partial charge in [0.25, 0.3) is 0 Å². The van der Waals surface area contributed by atoms with E-state index in [0.29, 0.717) is 31.4 Å². The van der Waals surface area contributed by atoms with E-state index in [4.69, 9.17) is 4.74 Å². The lowest BCUT2D eigenvalue weighted by Crippen LogP contribution is -2.43. The van der Waals surface area contributed by atoms with Gasteiger partial charge in [0.2, 0.25) is 5.91 Å². The number of morpholine rings is 1. The minimum atomic E-state index is -0.242. The Morgan fingerprint density at radius 1 is 1.48 bits per heavy atom. The molecule has 2 aliphatic rings. The second kappa shape index (κ2) is 5.45. The minimum Gasteiger partial charge on any atom is -0.366 e. The number of nitrogens with zero attached hydrogens (tertiary/aromatic N) is 5. The first kappa shape index (κ1) is 14.4. The molecule has 3 heterocycles. The number of hydrogen-bond acceptors (Lipinski definition) is 5. The van der Waals surface area contributed by atoms with Gasteiger partial charge in [0.1, 0.15) is 11.9 Å². The van der Waals surface area contributed by atoms with Crippen molar-refractivity contribution < 1.29 is 9.53 Å². The maximum Gasteiger partial charge on any atom is 0.226 e. The molecule has 4 rings (SSSR count). The fourth-order valence-corrected chi connectivity index (χ4v) is 3.21. The molecule has 0 radical (unpaired) electrons. The molecular weight excluding hydrogens is 296 g/mol. The van der Waals surface area contributed by atoms with Crippen molar-refractivity contribution in [3.05, 3.63) is 29.6 Å². The lowest BCUT2D eigenvalue weighted by molar-refractivity contribution is -0.140. The highest BCUT2D eigenvalue weighted by Crippen LogP contribution is 2.48. The van der Waals surface area contributed by atoms with Crippen molar-refractivity contribution in [3.63, 3.8) is 0 Å². The Labute approximate surface area is 133 Å². The Hall–Kier alpha value is -2.22. The molecule has 0 spiro atoms. The Morgan fingerprint density at radius 2 is 2.35 bits per heavy atom. The zero-order chi connectivity index (χ0) is 16.0. The van der Waals surface area contributed by atoms with Gasteiger partial charge in [-0.3, -0.25) is 14.6 Å². The summed E-state index contributed by atoms with van der Waals surface area (Å²) in [5, 5.41) is 11.2. The molecule has 3 atom stereocenters. The first-order valence-corrected chi connectivity index (χ1v) is 7.89. The molecule has 2 aromatic heterocycles. The van der Waals surface area contributed by atoms with E-state index in [2.05, 4.69) is 20.3 Å². The van der Waals surface area contributed by atoms with E-state index in [0.717, 1.165) is 17.8 Å². The Bertz CT molecular complexity index is 723. The van der Waals surface area contributed by atoms with Crippen LogP contribution in [0.4, 0.5) is 0 Å². The van der Waals surface area contributed by atoms with Crippen molar-refractivity contribution in [1.82, 2.24) is 29.9 Å². The largest absolute Gasteiger partial charge is 0.366 e. The van der Waals surface area contributed by atoms with Crippen LogP contribution < -0.4 is 0 Å². The van der Waals surface area contributed by atoms with Gasteiger partial charge in [0.15, 0.2) is 5.82 Å². The third-order valence-corrected chi connectivity index (χ3v) is 4.54. The Balaban J connectivity index is 1.41. The molecule has 1 amide bonds. The molecule has 0 aromatic carbocycles. The second-order valence-corrected chi connectivity index (χ2v) is 6.32. The highest BCUT2D eigenvalue weighted by Gasteiger charge is 2.47. The molecular formula is C15H20N6O2. The molecule has 1 N–H and O–H groups in total. The van der Waals surface area contributed by atoms with Gasteiger partial charge in [-0.2, -0.15) is 10.2 Å². The molecule has 1 saturated carbocycles. The van der Waals surface area contributed by atoms with Crippen LogP contribution in [0.5, 0.6) is 0 Å². The van der Waals surface area contributed by atoms with Crippen LogP contribution in [-0.4, -0.2) is 55.5 Å². The smallest absolute Gasteiger partial charge is 0.226 e. The van der Waals surface area contributed by atoms with E-state index in [9.17, 15) is 4.79 Å². The van der Waals surface area contributed by atoms with Crippen molar-refractivity contribution in [2.75, 3.05) is 19.7 Å². The van der Waals surface area contributed by atoms with E-state index < -0.39 is 0 Å². The fraction of sp³-hybridized carbons (Fsp3) is 0.600. The predicted octanol–water partition coefficient (Wildman–Crippen LogP) is 0.550. The van der Waals surface area contributed by atoms with Gasteiger partial charge in [-0.25, -0.2) is 4.98 Å². The van der Waals surface area contributed by atoms with Gasteiger partial charge < -0.3 is 9.64 Å². The average Bonchev–Trinajstić information content (AvgIpc) is 3.04. The summed E-state index contributed by atoms with van der Waals surface area (Å²) in [5.41, 5.74) is 1.15. The summed E-state index contributed by atoms with van der Waals surface area (Å²) >= 11 is 0. The number of carbonyl (C=O) groups is 1.